The predicted octanol–water partition coefficient (Wildman–Crippen LogP) is 2.16. The molecular formula is C23H22FN5O3. The third kappa shape index (κ3) is 3.70. The van der Waals surface area contributed by atoms with Gasteiger partial charge < -0.3 is 19.7 Å². The number of nitrogens with zero attached hydrogens (tertiary/aromatic N) is 5. The number of rotatable bonds is 6. The van der Waals surface area contributed by atoms with Crippen LogP contribution in [0.25, 0.3) is 11.4 Å². The first kappa shape index (κ1) is 21.5. The van der Waals surface area contributed by atoms with Crippen LogP contribution in [0.2, 0.25) is 0 Å². The van der Waals surface area contributed by atoms with Crippen LogP contribution in [0.5, 0.6) is 0 Å². The van der Waals surface area contributed by atoms with Gasteiger partial charge in [-0.15, -0.1) is 0 Å². The Labute approximate surface area is 184 Å². The van der Waals surface area contributed by atoms with Gasteiger partial charge in [0.25, 0.3) is 5.91 Å². The SMILES string of the molecule is CN1c2nc(-c3ccccc3C#N)n(Cc3ccc(F)cc3)c2C(=O)N(CCCO)C1O. The topological polar surface area (TPSA) is 106 Å². The normalized spacial score (nSPS) is 15.6. The van der Waals surface area contributed by atoms with Gasteiger partial charge in [0.15, 0.2) is 11.5 Å². The van der Waals surface area contributed by atoms with Crippen molar-refractivity contribution in [2.45, 2.75) is 19.3 Å². The van der Waals surface area contributed by atoms with Gasteiger partial charge in [-0.1, -0.05) is 24.3 Å². The van der Waals surface area contributed by atoms with Crippen LogP contribution in [-0.2, 0) is 6.54 Å². The zero-order valence-corrected chi connectivity index (χ0v) is 17.4. The van der Waals surface area contributed by atoms with Crippen LogP contribution in [0.3, 0.4) is 0 Å². The van der Waals surface area contributed by atoms with E-state index < -0.39 is 12.3 Å². The van der Waals surface area contributed by atoms with E-state index in [1.165, 1.54) is 21.9 Å². The van der Waals surface area contributed by atoms with Crippen LogP contribution < -0.4 is 4.90 Å². The molecule has 9 heteroatoms. The van der Waals surface area contributed by atoms with E-state index in [4.69, 9.17) is 0 Å². The summed E-state index contributed by atoms with van der Waals surface area (Å²) in [5.74, 6) is -0.125. The number of hydrogen-bond acceptors (Lipinski definition) is 6. The van der Waals surface area contributed by atoms with Crippen molar-refractivity contribution < 1.29 is 19.4 Å². The zero-order chi connectivity index (χ0) is 22.8. The maximum absolute atomic E-state index is 13.4. The number of aliphatic hydroxyl groups is 2. The number of fused-ring (bicyclic) bond motifs is 1. The number of carbonyl (C=O) groups is 1. The molecular weight excluding hydrogens is 413 g/mol. The van der Waals surface area contributed by atoms with E-state index in [2.05, 4.69) is 11.1 Å². The Bertz CT molecular complexity index is 1190. The largest absolute Gasteiger partial charge is 0.396 e. The number of imidazole rings is 1. The van der Waals surface area contributed by atoms with Crippen LogP contribution >= 0.6 is 0 Å². The maximum Gasteiger partial charge on any atom is 0.277 e. The van der Waals surface area contributed by atoms with Crippen LogP contribution in [0.1, 0.15) is 28.0 Å². The quantitative estimate of drug-likeness (QED) is 0.615. The van der Waals surface area contributed by atoms with Gasteiger partial charge in [0.2, 0.25) is 6.35 Å². The van der Waals surface area contributed by atoms with Gasteiger partial charge in [0.05, 0.1) is 11.6 Å². The van der Waals surface area contributed by atoms with E-state index in [9.17, 15) is 24.7 Å². The molecule has 1 aliphatic heterocycles. The molecule has 1 atom stereocenters. The third-order valence-corrected chi connectivity index (χ3v) is 5.47. The van der Waals surface area contributed by atoms with Crippen molar-refractivity contribution in [3.05, 3.63) is 71.2 Å². The van der Waals surface area contributed by atoms with Crippen molar-refractivity contribution in [2.75, 3.05) is 25.1 Å². The molecule has 2 N–H and O–H groups in total. The van der Waals surface area contributed by atoms with Gasteiger partial charge in [0, 0.05) is 32.3 Å². The number of hydrogen-bond donors (Lipinski definition) is 2. The summed E-state index contributed by atoms with van der Waals surface area (Å²) in [6.07, 6.45) is -0.933. The summed E-state index contributed by atoms with van der Waals surface area (Å²) in [6, 6.07) is 15.0. The lowest BCUT2D eigenvalue weighted by molar-refractivity contribution is 0.00114. The van der Waals surface area contributed by atoms with E-state index in [-0.39, 0.29) is 37.0 Å². The first-order valence-corrected chi connectivity index (χ1v) is 10.1. The van der Waals surface area contributed by atoms with Gasteiger partial charge in [-0.25, -0.2) is 9.37 Å². The Kier molecular flexibility index (Phi) is 5.90. The van der Waals surface area contributed by atoms with Gasteiger partial charge in [0.1, 0.15) is 11.6 Å². The van der Waals surface area contributed by atoms with E-state index in [1.807, 2.05) is 0 Å². The molecule has 32 heavy (non-hydrogen) atoms. The fraction of sp³-hybridized carbons (Fsp3) is 0.261. The first-order valence-electron chi connectivity index (χ1n) is 10.1. The smallest absolute Gasteiger partial charge is 0.277 e. The molecule has 1 amide bonds. The van der Waals surface area contributed by atoms with Gasteiger partial charge in [-0.3, -0.25) is 9.69 Å². The standard InChI is InChI=1S/C23H22FN5O3/c1-27-21-19(22(31)28(23(27)32)11-4-12-30)29(14-15-7-9-17(24)10-8-15)20(26-21)18-6-3-2-5-16(18)13-25/h2-3,5-10,23,30,32H,4,11-12,14H2,1H3. The lowest BCUT2D eigenvalue weighted by atomic mass is 10.1. The van der Waals surface area contributed by atoms with E-state index in [0.29, 0.717) is 23.4 Å². The second-order valence-electron chi connectivity index (χ2n) is 7.51. The molecule has 0 saturated heterocycles. The van der Waals surface area contributed by atoms with Crippen molar-refractivity contribution in [3.63, 3.8) is 0 Å². The Morgan fingerprint density at radius 2 is 1.91 bits per heavy atom. The molecule has 0 bridgehead atoms. The van der Waals surface area contributed by atoms with Crippen molar-refractivity contribution in [1.82, 2.24) is 14.5 Å². The lowest BCUT2D eigenvalue weighted by Crippen LogP contribution is -2.54. The molecule has 0 saturated carbocycles. The molecule has 2 heterocycles. The highest BCUT2D eigenvalue weighted by Crippen LogP contribution is 2.35. The molecule has 164 valence electrons. The minimum absolute atomic E-state index is 0.122. The minimum atomic E-state index is -1.24. The van der Waals surface area contributed by atoms with Gasteiger partial charge >= 0.3 is 0 Å². The molecule has 2 aromatic carbocycles. The van der Waals surface area contributed by atoms with Crippen molar-refractivity contribution in [1.29, 1.82) is 5.26 Å². The van der Waals surface area contributed by atoms with E-state index >= 15 is 0 Å². The summed E-state index contributed by atoms with van der Waals surface area (Å²) in [5, 5.41) is 29.5. The lowest BCUT2D eigenvalue weighted by Gasteiger charge is -2.38. The number of benzene rings is 2. The summed E-state index contributed by atoms with van der Waals surface area (Å²) in [5.41, 5.74) is 1.93. The van der Waals surface area contributed by atoms with Crippen molar-refractivity contribution in [3.8, 4) is 17.5 Å². The zero-order valence-electron chi connectivity index (χ0n) is 17.4. The number of aliphatic hydroxyl groups excluding tert-OH is 2. The molecule has 4 rings (SSSR count). The van der Waals surface area contributed by atoms with Crippen molar-refractivity contribution in [2.24, 2.45) is 0 Å². The number of anilines is 1. The molecule has 0 radical (unpaired) electrons. The Morgan fingerprint density at radius 3 is 2.59 bits per heavy atom. The Morgan fingerprint density at radius 1 is 1.19 bits per heavy atom. The second kappa shape index (κ2) is 8.78. The minimum Gasteiger partial charge on any atom is -0.396 e. The predicted molar refractivity (Wildman–Crippen MR) is 115 cm³/mol. The summed E-state index contributed by atoms with van der Waals surface area (Å²) in [4.78, 5) is 20.8. The number of nitriles is 1. The highest BCUT2D eigenvalue weighted by atomic mass is 19.1. The number of halogens is 1. The molecule has 0 fully saturated rings. The molecule has 1 aromatic heterocycles. The van der Waals surface area contributed by atoms with Crippen LogP contribution in [0.4, 0.5) is 10.2 Å². The fourth-order valence-electron chi connectivity index (χ4n) is 3.82. The highest BCUT2D eigenvalue weighted by Gasteiger charge is 2.39. The van der Waals surface area contributed by atoms with E-state index in [1.54, 1.807) is 48.0 Å². The monoisotopic (exact) mass is 435 g/mol. The van der Waals surface area contributed by atoms with Crippen LogP contribution in [-0.4, -0.2) is 57.1 Å². The summed E-state index contributed by atoms with van der Waals surface area (Å²) < 4.78 is 15.1. The number of carbonyl (C=O) groups excluding carboxylic acids is 1. The third-order valence-electron chi connectivity index (χ3n) is 5.47. The van der Waals surface area contributed by atoms with Crippen LogP contribution in [0, 0.1) is 17.1 Å². The Hall–Kier alpha value is -3.74. The highest BCUT2D eigenvalue weighted by molar-refractivity contribution is 6.00. The first-order chi connectivity index (χ1) is 15.5. The summed E-state index contributed by atoms with van der Waals surface area (Å²) >= 11 is 0. The number of aromatic nitrogens is 2. The average molecular weight is 435 g/mol. The molecule has 1 aliphatic rings. The summed E-state index contributed by atoms with van der Waals surface area (Å²) in [6.45, 7) is 0.246. The maximum atomic E-state index is 13.4. The number of amides is 1. The van der Waals surface area contributed by atoms with Gasteiger partial charge in [-0.2, -0.15) is 5.26 Å². The molecule has 0 spiro atoms. The fourth-order valence-corrected chi connectivity index (χ4v) is 3.82. The van der Waals surface area contributed by atoms with Crippen LogP contribution in [0.15, 0.2) is 48.5 Å². The average Bonchev–Trinajstić information content (AvgIpc) is 3.18. The molecule has 1 unspecified atom stereocenters. The van der Waals surface area contributed by atoms with E-state index in [0.717, 1.165) is 5.56 Å². The van der Waals surface area contributed by atoms with Crippen molar-refractivity contribution >= 4 is 11.7 Å². The molecule has 0 aliphatic carbocycles. The van der Waals surface area contributed by atoms with Gasteiger partial charge in [-0.05, 0) is 36.2 Å². The second-order valence-corrected chi connectivity index (χ2v) is 7.51. The molecule has 3 aromatic rings. The Balaban J connectivity index is 1.91. The summed E-state index contributed by atoms with van der Waals surface area (Å²) in [7, 11) is 1.62. The molecule has 8 nitrogen and oxygen atoms in total.